The highest BCUT2D eigenvalue weighted by Crippen LogP contribution is 2.28. The van der Waals surface area contributed by atoms with Crippen LogP contribution in [0.2, 0.25) is 0 Å². The van der Waals surface area contributed by atoms with Crippen molar-refractivity contribution in [2.24, 2.45) is 0 Å². The zero-order chi connectivity index (χ0) is 26.4. The predicted molar refractivity (Wildman–Crippen MR) is 145 cm³/mol. The fourth-order valence-electron chi connectivity index (χ4n) is 3.85. The lowest BCUT2D eigenvalue weighted by Crippen LogP contribution is -2.25. The first-order chi connectivity index (χ1) is 17.9. The second-order valence-electron chi connectivity index (χ2n) is 8.28. The van der Waals surface area contributed by atoms with Crippen LogP contribution >= 0.6 is 11.8 Å². The van der Waals surface area contributed by atoms with Gasteiger partial charge < -0.3 is 14.8 Å². The monoisotopic (exact) mass is 517 g/mol. The molecule has 0 radical (unpaired) electrons. The molecule has 0 bridgehead atoms. The van der Waals surface area contributed by atoms with E-state index < -0.39 is 0 Å². The standard InChI is InChI=1S/C28H27N3O5S/c1-18(32)20-9-11-21(12-10-20)29-26(33)17-37-28-30-23-7-5-4-6-22(23)27(34)31(28)15-14-19-8-13-24(35-2)25(16-19)36-3/h4-13,16H,14-15,17H2,1-3H3,(H,29,33). The lowest BCUT2D eigenvalue weighted by molar-refractivity contribution is -0.113. The van der Waals surface area contributed by atoms with Crippen molar-refractivity contribution >= 4 is 40.0 Å². The molecule has 0 saturated heterocycles. The van der Waals surface area contributed by atoms with E-state index in [0.29, 0.717) is 51.8 Å². The molecule has 1 amide bonds. The van der Waals surface area contributed by atoms with Crippen molar-refractivity contribution in [1.29, 1.82) is 0 Å². The van der Waals surface area contributed by atoms with Crippen molar-refractivity contribution in [1.82, 2.24) is 9.55 Å². The number of thioether (sulfide) groups is 1. The van der Waals surface area contributed by atoms with Crippen molar-refractivity contribution in [3.63, 3.8) is 0 Å². The maximum absolute atomic E-state index is 13.4. The molecular formula is C28H27N3O5S. The summed E-state index contributed by atoms with van der Waals surface area (Å²) in [5.74, 6) is 1.03. The summed E-state index contributed by atoms with van der Waals surface area (Å²) in [4.78, 5) is 42.1. The van der Waals surface area contributed by atoms with Gasteiger partial charge in [0.1, 0.15) is 0 Å². The summed E-state index contributed by atoms with van der Waals surface area (Å²) >= 11 is 1.20. The number of hydrogen-bond acceptors (Lipinski definition) is 7. The van der Waals surface area contributed by atoms with E-state index in [1.54, 1.807) is 55.2 Å². The number of ether oxygens (including phenoxy) is 2. The average molecular weight is 518 g/mol. The van der Waals surface area contributed by atoms with Crippen LogP contribution in [0.25, 0.3) is 10.9 Å². The predicted octanol–water partition coefficient (Wildman–Crippen LogP) is 4.59. The summed E-state index contributed by atoms with van der Waals surface area (Å²) in [6.07, 6.45) is 0.558. The van der Waals surface area contributed by atoms with Gasteiger partial charge >= 0.3 is 0 Å². The molecule has 8 nitrogen and oxygen atoms in total. The van der Waals surface area contributed by atoms with Crippen LogP contribution in [0.3, 0.4) is 0 Å². The number of carbonyl (C=O) groups is 2. The van der Waals surface area contributed by atoms with Gasteiger partial charge in [0, 0.05) is 17.8 Å². The van der Waals surface area contributed by atoms with Crippen LogP contribution in [0, 0.1) is 0 Å². The van der Waals surface area contributed by atoms with Crippen molar-refractivity contribution < 1.29 is 19.1 Å². The number of rotatable bonds is 10. The summed E-state index contributed by atoms with van der Waals surface area (Å²) in [7, 11) is 3.16. The van der Waals surface area contributed by atoms with E-state index in [1.807, 2.05) is 30.3 Å². The zero-order valence-electron chi connectivity index (χ0n) is 20.8. The minimum Gasteiger partial charge on any atom is -0.493 e. The molecular weight excluding hydrogens is 490 g/mol. The Labute approximate surface area is 218 Å². The molecule has 1 N–H and O–H groups in total. The van der Waals surface area contributed by atoms with Gasteiger partial charge in [-0.25, -0.2) is 4.98 Å². The van der Waals surface area contributed by atoms with Crippen LogP contribution in [0.15, 0.2) is 76.7 Å². The smallest absolute Gasteiger partial charge is 0.262 e. The van der Waals surface area contributed by atoms with Gasteiger partial charge in [0.2, 0.25) is 5.91 Å². The molecule has 0 aliphatic heterocycles. The summed E-state index contributed by atoms with van der Waals surface area (Å²) in [5.41, 5.74) is 2.56. The summed E-state index contributed by atoms with van der Waals surface area (Å²) < 4.78 is 12.3. The van der Waals surface area contributed by atoms with Crippen LogP contribution in [0.4, 0.5) is 5.69 Å². The molecule has 0 atom stereocenters. The third kappa shape index (κ3) is 6.18. The number of benzene rings is 3. The second kappa shape index (κ2) is 11.7. The van der Waals surface area contributed by atoms with Gasteiger partial charge in [-0.1, -0.05) is 30.0 Å². The number of anilines is 1. The molecule has 190 valence electrons. The fourth-order valence-corrected chi connectivity index (χ4v) is 4.67. The van der Waals surface area contributed by atoms with E-state index in [0.717, 1.165) is 5.56 Å². The van der Waals surface area contributed by atoms with Crippen LogP contribution < -0.4 is 20.3 Å². The molecule has 0 fully saturated rings. The summed E-state index contributed by atoms with van der Waals surface area (Å²) in [5, 5.41) is 3.81. The largest absolute Gasteiger partial charge is 0.493 e. The number of ketones is 1. The molecule has 0 saturated carbocycles. The molecule has 0 aliphatic rings. The number of Topliss-reactive ketones (excluding diaryl/α,β-unsaturated/α-hetero) is 1. The van der Waals surface area contributed by atoms with E-state index >= 15 is 0 Å². The van der Waals surface area contributed by atoms with Gasteiger partial charge in [-0.2, -0.15) is 0 Å². The van der Waals surface area contributed by atoms with Gasteiger partial charge in [-0.3, -0.25) is 19.0 Å². The van der Waals surface area contributed by atoms with E-state index in [9.17, 15) is 14.4 Å². The van der Waals surface area contributed by atoms with Gasteiger partial charge in [-0.15, -0.1) is 0 Å². The van der Waals surface area contributed by atoms with E-state index in [-0.39, 0.29) is 23.0 Å². The normalized spacial score (nSPS) is 10.8. The first kappa shape index (κ1) is 26.0. The molecule has 9 heteroatoms. The Hall–Kier alpha value is -4.11. The van der Waals surface area contributed by atoms with Gasteiger partial charge in [0.05, 0.1) is 30.9 Å². The number of carbonyl (C=O) groups excluding carboxylic acids is 2. The molecule has 0 spiro atoms. The molecule has 4 rings (SSSR count). The number of nitrogens with one attached hydrogen (secondary N) is 1. The molecule has 0 aliphatic carbocycles. The number of aromatic nitrogens is 2. The third-order valence-electron chi connectivity index (χ3n) is 5.81. The maximum atomic E-state index is 13.4. The van der Waals surface area contributed by atoms with Crippen LogP contribution in [0.5, 0.6) is 11.5 Å². The number of nitrogens with zero attached hydrogens (tertiary/aromatic N) is 2. The van der Waals surface area contributed by atoms with Gasteiger partial charge in [-0.05, 0) is 67.4 Å². The molecule has 37 heavy (non-hydrogen) atoms. The fraction of sp³-hybridized carbons (Fsp3) is 0.214. The van der Waals surface area contributed by atoms with Gasteiger partial charge in [0.25, 0.3) is 5.56 Å². The van der Waals surface area contributed by atoms with E-state index in [1.165, 1.54) is 18.7 Å². The van der Waals surface area contributed by atoms with Gasteiger partial charge in [0.15, 0.2) is 22.4 Å². The van der Waals surface area contributed by atoms with Crippen molar-refractivity contribution in [2.45, 2.75) is 25.0 Å². The van der Waals surface area contributed by atoms with E-state index in [4.69, 9.17) is 9.47 Å². The molecule has 0 unspecified atom stereocenters. The summed E-state index contributed by atoms with van der Waals surface area (Å²) in [6, 6.07) is 19.5. The summed E-state index contributed by atoms with van der Waals surface area (Å²) in [6.45, 7) is 1.87. The topological polar surface area (TPSA) is 99.5 Å². The minimum absolute atomic E-state index is 0.0399. The van der Waals surface area contributed by atoms with Crippen LogP contribution in [-0.2, 0) is 17.8 Å². The Balaban J connectivity index is 1.53. The number of para-hydroxylation sites is 1. The molecule has 3 aromatic carbocycles. The number of methoxy groups -OCH3 is 2. The Morgan fingerprint density at radius 2 is 1.70 bits per heavy atom. The lowest BCUT2D eigenvalue weighted by atomic mass is 10.1. The van der Waals surface area contributed by atoms with Crippen molar-refractivity contribution in [3.05, 3.63) is 88.2 Å². The van der Waals surface area contributed by atoms with Crippen LogP contribution in [0.1, 0.15) is 22.8 Å². The van der Waals surface area contributed by atoms with Crippen LogP contribution in [-0.4, -0.2) is 41.2 Å². The number of fused-ring (bicyclic) bond motifs is 1. The SMILES string of the molecule is COc1ccc(CCn2c(SCC(=O)Nc3ccc(C(C)=O)cc3)nc3ccccc3c2=O)cc1OC. The first-order valence-corrected chi connectivity index (χ1v) is 12.6. The Kier molecular flexibility index (Phi) is 8.25. The lowest BCUT2D eigenvalue weighted by Gasteiger charge is -2.14. The Bertz CT molecular complexity index is 1500. The highest BCUT2D eigenvalue weighted by Gasteiger charge is 2.14. The average Bonchev–Trinajstić information content (AvgIpc) is 2.91. The number of aryl methyl sites for hydroxylation is 1. The maximum Gasteiger partial charge on any atom is 0.262 e. The van der Waals surface area contributed by atoms with Crippen molar-refractivity contribution in [3.8, 4) is 11.5 Å². The molecule has 1 heterocycles. The highest BCUT2D eigenvalue weighted by atomic mass is 32.2. The third-order valence-corrected chi connectivity index (χ3v) is 6.78. The Morgan fingerprint density at radius 3 is 2.41 bits per heavy atom. The molecule has 1 aromatic heterocycles. The number of hydrogen-bond donors (Lipinski definition) is 1. The molecule has 4 aromatic rings. The van der Waals surface area contributed by atoms with Crippen molar-refractivity contribution in [2.75, 3.05) is 25.3 Å². The highest BCUT2D eigenvalue weighted by molar-refractivity contribution is 7.99. The zero-order valence-corrected chi connectivity index (χ0v) is 21.6. The quantitative estimate of drug-likeness (QED) is 0.187. The second-order valence-corrected chi connectivity index (χ2v) is 9.22. The Morgan fingerprint density at radius 1 is 0.973 bits per heavy atom. The number of amides is 1. The first-order valence-electron chi connectivity index (χ1n) is 11.6. The minimum atomic E-state index is -0.241. The van der Waals surface area contributed by atoms with E-state index in [2.05, 4.69) is 10.3 Å².